The molecule has 2 aromatic rings. The average molecular weight is 369 g/mol. The summed E-state index contributed by atoms with van der Waals surface area (Å²) in [5.41, 5.74) is 7.22. The molecule has 0 aliphatic rings. The number of esters is 2. The van der Waals surface area contributed by atoms with Crippen LogP contribution in [0.4, 0.5) is 5.69 Å². The molecule has 0 unspecified atom stereocenters. The topological polar surface area (TPSA) is 95.7 Å². The van der Waals surface area contributed by atoms with E-state index in [1.807, 2.05) is 12.1 Å². The van der Waals surface area contributed by atoms with Crippen molar-refractivity contribution in [2.75, 3.05) is 20.0 Å². The number of hydrogen-bond acceptors (Lipinski definition) is 6. The Balaban J connectivity index is 2.62. The van der Waals surface area contributed by atoms with E-state index in [2.05, 4.69) is 20.8 Å². The van der Waals surface area contributed by atoms with Crippen LogP contribution in [-0.4, -0.2) is 31.9 Å². The quantitative estimate of drug-likeness (QED) is 0.504. The highest BCUT2D eigenvalue weighted by atomic mass is 16.5. The highest BCUT2D eigenvalue weighted by Gasteiger charge is 2.26. The molecule has 6 nitrogen and oxygen atoms in total. The molecule has 2 N–H and O–H groups in total. The van der Waals surface area contributed by atoms with Crippen molar-refractivity contribution in [3.8, 4) is 0 Å². The number of nitrogen functional groups attached to an aromatic ring is 1. The molecular formula is C21H23NO5. The zero-order valence-electron chi connectivity index (χ0n) is 16.1. The van der Waals surface area contributed by atoms with Crippen molar-refractivity contribution in [3.05, 3.63) is 64.2 Å². The van der Waals surface area contributed by atoms with E-state index in [4.69, 9.17) is 15.2 Å². The number of carbonyl (C=O) groups excluding carboxylic acids is 3. The van der Waals surface area contributed by atoms with Crippen molar-refractivity contribution in [3.63, 3.8) is 0 Å². The van der Waals surface area contributed by atoms with E-state index < -0.39 is 17.7 Å². The SMILES string of the molecule is COC(=O)c1ccc(C(=O)OC)c(C(=O)c2ccc(C(C)(C)C)cc2)c1N. The minimum absolute atomic E-state index is 0.00690. The Morgan fingerprint density at radius 3 is 1.78 bits per heavy atom. The summed E-state index contributed by atoms with van der Waals surface area (Å²) in [6.45, 7) is 6.20. The van der Waals surface area contributed by atoms with Gasteiger partial charge in [0.15, 0.2) is 5.78 Å². The maximum Gasteiger partial charge on any atom is 0.339 e. The van der Waals surface area contributed by atoms with Gasteiger partial charge in [0.1, 0.15) is 0 Å². The summed E-state index contributed by atoms with van der Waals surface area (Å²) in [5.74, 6) is -1.88. The zero-order chi connectivity index (χ0) is 20.4. The Labute approximate surface area is 158 Å². The monoisotopic (exact) mass is 369 g/mol. The number of rotatable bonds is 4. The Kier molecular flexibility index (Phi) is 5.69. The molecule has 0 amide bonds. The third-order valence-corrected chi connectivity index (χ3v) is 4.30. The molecule has 0 aliphatic carbocycles. The summed E-state index contributed by atoms with van der Waals surface area (Å²) in [6.07, 6.45) is 0. The summed E-state index contributed by atoms with van der Waals surface area (Å²) >= 11 is 0. The molecule has 0 aromatic heterocycles. The minimum Gasteiger partial charge on any atom is -0.465 e. The number of nitrogens with two attached hydrogens (primary N) is 1. The van der Waals surface area contributed by atoms with Crippen LogP contribution in [0.5, 0.6) is 0 Å². The fourth-order valence-corrected chi connectivity index (χ4v) is 2.70. The third-order valence-electron chi connectivity index (χ3n) is 4.30. The van der Waals surface area contributed by atoms with Crippen molar-refractivity contribution in [2.45, 2.75) is 26.2 Å². The third kappa shape index (κ3) is 4.00. The summed E-state index contributed by atoms with van der Waals surface area (Å²) in [5, 5.41) is 0. The van der Waals surface area contributed by atoms with Crippen LogP contribution < -0.4 is 5.73 Å². The molecule has 0 bridgehead atoms. The molecule has 6 heteroatoms. The van der Waals surface area contributed by atoms with Crippen molar-refractivity contribution in [1.82, 2.24) is 0 Å². The van der Waals surface area contributed by atoms with E-state index in [1.165, 1.54) is 26.4 Å². The Morgan fingerprint density at radius 1 is 0.815 bits per heavy atom. The zero-order valence-corrected chi connectivity index (χ0v) is 16.1. The van der Waals surface area contributed by atoms with Crippen molar-refractivity contribution in [2.24, 2.45) is 0 Å². The number of ketones is 1. The van der Waals surface area contributed by atoms with E-state index in [-0.39, 0.29) is 27.8 Å². The fraction of sp³-hybridized carbons (Fsp3) is 0.286. The van der Waals surface area contributed by atoms with Gasteiger partial charge in [-0.25, -0.2) is 9.59 Å². The molecule has 0 saturated carbocycles. The van der Waals surface area contributed by atoms with Gasteiger partial charge in [-0.3, -0.25) is 4.79 Å². The molecular weight excluding hydrogens is 346 g/mol. The molecule has 142 valence electrons. The second-order valence-electron chi connectivity index (χ2n) is 7.09. The minimum atomic E-state index is -0.715. The van der Waals surface area contributed by atoms with Gasteiger partial charge in [0, 0.05) is 5.56 Å². The first-order valence-corrected chi connectivity index (χ1v) is 8.36. The van der Waals surface area contributed by atoms with Crippen LogP contribution in [0.15, 0.2) is 36.4 Å². The second kappa shape index (κ2) is 7.61. The highest BCUT2D eigenvalue weighted by Crippen LogP contribution is 2.28. The summed E-state index contributed by atoms with van der Waals surface area (Å²) in [7, 11) is 2.42. The van der Waals surface area contributed by atoms with Gasteiger partial charge >= 0.3 is 11.9 Å². The Hall–Kier alpha value is -3.15. The first-order chi connectivity index (χ1) is 12.6. The van der Waals surface area contributed by atoms with E-state index in [1.54, 1.807) is 12.1 Å². The standard InChI is InChI=1S/C21H23NO5/c1-21(2,3)13-8-6-12(7-9-13)18(23)16-14(19(24)26-4)10-11-15(17(16)22)20(25)27-5/h6-11H,22H2,1-5H3. The lowest BCUT2D eigenvalue weighted by Gasteiger charge is -2.19. The van der Waals surface area contributed by atoms with Gasteiger partial charge in [0.25, 0.3) is 0 Å². The fourth-order valence-electron chi connectivity index (χ4n) is 2.70. The summed E-state index contributed by atoms with van der Waals surface area (Å²) in [6, 6.07) is 9.73. The Morgan fingerprint density at radius 2 is 1.30 bits per heavy atom. The predicted molar refractivity (Wildman–Crippen MR) is 102 cm³/mol. The van der Waals surface area contributed by atoms with Gasteiger partial charge in [-0.15, -0.1) is 0 Å². The smallest absolute Gasteiger partial charge is 0.339 e. The van der Waals surface area contributed by atoms with Gasteiger partial charge in [-0.05, 0) is 23.1 Å². The Bertz CT molecular complexity index is 892. The summed E-state index contributed by atoms with van der Waals surface area (Å²) in [4.78, 5) is 37.1. The van der Waals surface area contributed by atoms with Gasteiger partial charge in [0.05, 0.1) is 36.6 Å². The lowest BCUT2D eigenvalue weighted by atomic mass is 9.86. The maximum atomic E-state index is 13.1. The maximum absolute atomic E-state index is 13.1. The van der Waals surface area contributed by atoms with Crippen molar-refractivity contribution >= 4 is 23.4 Å². The molecule has 0 saturated heterocycles. The molecule has 27 heavy (non-hydrogen) atoms. The normalized spacial score (nSPS) is 11.0. The molecule has 0 aliphatic heterocycles. The molecule has 2 rings (SSSR count). The molecule has 2 aromatic carbocycles. The first-order valence-electron chi connectivity index (χ1n) is 8.36. The van der Waals surface area contributed by atoms with E-state index >= 15 is 0 Å². The molecule has 0 atom stereocenters. The van der Waals surface area contributed by atoms with Gasteiger partial charge in [0.2, 0.25) is 0 Å². The number of methoxy groups -OCH3 is 2. The number of benzene rings is 2. The molecule has 0 spiro atoms. The number of anilines is 1. The average Bonchev–Trinajstić information content (AvgIpc) is 2.65. The van der Waals surface area contributed by atoms with Crippen LogP contribution in [0.3, 0.4) is 0 Å². The molecule has 0 heterocycles. The second-order valence-corrected chi connectivity index (χ2v) is 7.09. The molecule has 0 fully saturated rings. The largest absolute Gasteiger partial charge is 0.465 e. The number of carbonyl (C=O) groups is 3. The number of ether oxygens (including phenoxy) is 2. The van der Waals surface area contributed by atoms with Gasteiger partial charge < -0.3 is 15.2 Å². The van der Waals surface area contributed by atoms with Crippen LogP contribution in [0.1, 0.15) is 63.0 Å². The van der Waals surface area contributed by atoms with Crippen molar-refractivity contribution < 1.29 is 23.9 Å². The van der Waals surface area contributed by atoms with Crippen LogP contribution >= 0.6 is 0 Å². The van der Waals surface area contributed by atoms with Gasteiger partial charge in [-0.1, -0.05) is 45.0 Å². The van der Waals surface area contributed by atoms with E-state index in [9.17, 15) is 14.4 Å². The van der Waals surface area contributed by atoms with Crippen LogP contribution in [0, 0.1) is 0 Å². The lowest BCUT2D eigenvalue weighted by molar-refractivity contribution is 0.0586. The predicted octanol–water partition coefficient (Wildman–Crippen LogP) is 3.37. The number of hydrogen-bond donors (Lipinski definition) is 1. The molecule has 0 radical (unpaired) electrons. The summed E-state index contributed by atoms with van der Waals surface area (Å²) < 4.78 is 9.44. The van der Waals surface area contributed by atoms with Crippen LogP contribution in [0.25, 0.3) is 0 Å². The van der Waals surface area contributed by atoms with Crippen LogP contribution in [0.2, 0.25) is 0 Å². The van der Waals surface area contributed by atoms with Crippen LogP contribution in [-0.2, 0) is 14.9 Å². The lowest BCUT2D eigenvalue weighted by Crippen LogP contribution is -2.18. The van der Waals surface area contributed by atoms with Crippen molar-refractivity contribution in [1.29, 1.82) is 0 Å². The van der Waals surface area contributed by atoms with E-state index in [0.29, 0.717) is 5.56 Å². The highest BCUT2D eigenvalue weighted by molar-refractivity contribution is 6.19. The first kappa shape index (κ1) is 20.2. The van der Waals surface area contributed by atoms with E-state index in [0.717, 1.165) is 5.56 Å². The van der Waals surface area contributed by atoms with Gasteiger partial charge in [-0.2, -0.15) is 0 Å².